The summed E-state index contributed by atoms with van der Waals surface area (Å²) in [6, 6.07) is 7.99. The van der Waals surface area contributed by atoms with E-state index < -0.39 is 0 Å². The van der Waals surface area contributed by atoms with Crippen LogP contribution in [0.25, 0.3) is 0 Å². The summed E-state index contributed by atoms with van der Waals surface area (Å²) < 4.78 is 7.06. The Morgan fingerprint density at radius 2 is 2.06 bits per heavy atom. The largest absolute Gasteiger partial charge is 0.363 e. The molecule has 1 aromatic heterocycles. The lowest BCUT2D eigenvalue weighted by Crippen LogP contribution is -1.99. The molecule has 0 spiro atoms. The topological polar surface area (TPSA) is 38.1 Å². The van der Waals surface area contributed by atoms with Gasteiger partial charge in [0.1, 0.15) is 5.76 Å². The van der Waals surface area contributed by atoms with Crippen LogP contribution in [-0.4, -0.2) is 5.16 Å². The van der Waals surface area contributed by atoms with Gasteiger partial charge >= 0.3 is 0 Å². The van der Waals surface area contributed by atoms with Crippen LogP contribution in [0.3, 0.4) is 0 Å². The predicted molar refractivity (Wildman–Crippen MR) is 70.4 cm³/mol. The van der Waals surface area contributed by atoms with Crippen LogP contribution < -0.4 is 5.32 Å². The van der Waals surface area contributed by atoms with Crippen LogP contribution in [0.1, 0.15) is 11.3 Å². The van der Waals surface area contributed by atoms with Crippen LogP contribution >= 0.6 is 31.9 Å². The number of benzene rings is 1. The van der Waals surface area contributed by atoms with E-state index in [1.807, 2.05) is 19.1 Å². The Morgan fingerprint density at radius 1 is 1.25 bits per heavy atom. The Labute approximate surface area is 110 Å². The number of anilines is 1. The first kappa shape index (κ1) is 11.7. The third-order valence-electron chi connectivity index (χ3n) is 2.09. The molecule has 0 aliphatic heterocycles. The highest BCUT2D eigenvalue weighted by Gasteiger charge is 2.01. The normalized spacial score (nSPS) is 10.4. The molecular weight excluding hydrogens is 336 g/mol. The molecule has 84 valence electrons. The van der Waals surface area contributed by atoms with Crippen molar-refractivity contribution in [2.45, 2.75) is 13.5 Å². The molecule has 0 unspecified atom stereocenters. The van der Waals surface area contributed by atoms with E-state index in [0.29, 0.717) is 0 Å². The van der Waals surface area contributed by atoms with Crippen LogP contribution in [0.15, 0.2) is 37.7 Å². The molecule has 0 saturated carbocycles. The molecule has 0 aliphatic rings. The molecule has 5 heteroatoms. The van der Waals surface area contributed by atoms with Crippen molar-refractivity contribution < 1.29 is 4.52 Å². The molecule has 0 aliphatic carbocycles. The number of aryl methyl sites for hydroxylation is 1. The molecule has 2 rings (SSSR count). The molecule has 0 amide bonds. The quantitative estimate of drug-likeness (QED) is 0.909. The summed E-state index contributed by atoms with van der Waals surface area (Å²) in [6.45, 7) is 2.59. The minimum absolute atomic E-state index is 0.720. The van der Waals surface area contributed by atoms with E-state index in [1.54, 1.807) is 0 Å². The van der Waals surface area contributed by atoms with Crippen molar-refractivity contribution in [3.05, 3.63) is 44.5 Å². The number of rotatable bonds is 3. The predicted octanol–water partition coefficient (Wildman–Crippen LogP) is 4.12. The number of halogens is 2. The zero-order valence-electron chi connectivity index (χ0n) is 8.63. The highest BCUT2D eigenvalue weighted by atomic mass is 79.9. The number of nitrogens with zero attached hydrogens (tertiary/aromatic N) is 1. The van der Waals surface area contributed by atoms with E-state index in [2.05, 4.69) is 54.5 Å². The maximum absolute atomic E-state index is 4.97. The summed E-state index contributed by atoms with van der Waals surface area (Å²) >= 11 is 6.90. The van der Waals surface area contributed by atoms with Gasteiger partial charge in [-0.25, -0.2) is 0 Å². The molecule has 0 atom stereocenters. The Balaban J connectivity index is 2.02. The van der Waals surface area contributed by atoms with E-state index in [9.17, 15) is 0 Å². The molecule has 0 saturated heterocycles. The second-order valence-electron chi connectivity index (χ2n) is 3.42. The smallest absolute Gasteiger partial charge is 0.169 e. The highest BCUT2D eigenvalue weighted by Crippen LogP contribution is 2.24. The SMILES string of the molecule is Cc1cc(NCc2ccc(Br)c(Br)c2)no1. The molecule has 1 heterocycles. The van der Waals surface area contributed by atoms with Crippen LogP contribution in [0.2, 0.25) is 0 Å². The van der Waals surface area contributed by atoms with Crippen molar-refractivity contribution in [3.8, 4) is 0 Å². The first-order chi connectivity index (χ1) is 7.65. The Hall–Kier alpha value is -0.810. The van der Waals surface area contributed by atoms with E-state index in [-0.39, 0.29) is 0 Å². The van der Waals surface area contributed by atoms with Gasteiger partial charge in [-0.1, -0.05) is 11.2 Å². The monoisotopic (exact) mass is 344 g/mol. The van der Waals surface area contributed by atoms with E-state index >= 15 is 0 Å². The minimum Gasteiger partial charge on any atom is -0.363 e. The summed E-state index contributed by atoms with van der Waals surface area (Å²) in [6.07, 6.45) is 0. The first-order valence-electron chi connectivity index (χ1n) is 4.76. The van der Waals surface area contributed by atoms with Crippen molar-refractivity contribution in [2.75, 3.05) is 5.32 Å². The molecule has 0 bridgehead atoms. The van der Waals surface area contributed by atoms with Gasteiger partial charge in [0.05, 0.1) is 0 Å². The van der Waals surface area contributed by atoms with Crippen molar-refractivity contribution in [2.24, 2.45) is 0 Å². The fourth-order valence-electron chi connectivity index (χ4n) is 1.29. The lowest BCUT2D eigenvalue weighted by Gasteiger charge is -2.04. The van der Waals surface area contributed by atoms with Crippen molar-refractivity contribution >= 4 is 37.7 Å². The summed E-state index contributed by atoms with van der Waals surface area (Å²) in [7, 11) is 0. The van der Waals surface area contributed by atoms with Crippen LogP contribution in [-0.2, 0) is 6.54 Å². The number of hydrogen-bond donors (Lipinski definition) is 1. The minimum atomic E-state index is 0.720. The Bertz CT molecular complexity index is 496. The van der Waals surface area contributed by atoms with Gasteiger partial charge in [0.2, 0.25) is 0 Å². The first-order valence-corrected chi connectivity index (χ1v) is 6.35. The number of nitrogens with one attached hydrogen (secondary N) is 1. The molecule has 2 aromatic rings. The van der Waals surface area contributed by atoms with Crippen molar-refractivity contribution in [1.29, 1.82) is 0 Å². The third kappa shape index (κ3) is 2.86. The van der Waals surface area contributed by atoms with Gasteiger partial charge < -0.3 is 9.84 Å². The van der Waals surface area contributed by atoms with Gasteiger partial charge in [-0.2, -0.15) is 0 Å². The molecule has 1 aromatic carbocycles. The summed E-state index contributed by atoms with van der Waals surface area (Å²) in [5.41, 5.74) is 1.18. The Morgan fingerprint density at radius 3 is 2.69 bits per heavy atom. The average molecular weight is 346 g/mol. The zero-order valence-corrected chi connectivity index (χ0v) is 11.8. The van der Waals surface area contributed by atoms with Crippen molar-refractivity contribution in [3.63, 3.8) is 0 Å². The molecule has 1 N–H and O–H groups in total. The number of aromatic nitrogens is 1. The van der Waals surface area contributed by atoms with Crippen LogP contribution in [0, 0.1) is 6.92 Å². The molecule has 3 nitrogen and oxygen atoms in total. The van der Waals surface area contributed by atoms with Crippen molar-refractivity contribution in [1.82, 2.24) is 5.16 Å². The fourth-order valence-corrected chi connectivity index (χ4v) is 1.96. The van der Waals surface area contributed by atoms with Gasteiger partial charge in [-0.3, -0.25) is 0 Å². The van der Waals surface area contributed by atoms with Crippen LogP contribution in [0.5, 0.6) is 0 Å². The van der Waals surface area contributed by atoms with Gasteiger partial charge in [0.15, 0.2) is 5.82 Å². The summed E-state index contributed by atoms with van der Waals surface area (Å²) in [5, 5.41) is 7.05. The van der Waals surface area contributed by atoms with E-state index in [0.717, 1.165) is 27.1 Å². The molecule has 0 fully saturated rings. The van der Waals surface area contributed by atoms with Gasteiger partial charge in [-0.05, 0) is 56.5 Å². The molecule has 16 heavy (non-hydrogen) atoms. The third-order valence-corrected chi connectivity index (χ3v) is 3.97. The fraction of sp³-hybridized carbons (Fsp3) is 0.182. The number of hydrogen-bond acceptors (Lipinski definition) is 3. The summed E-state index contributed by atoms with van der Waals surface area (Å²) in [4.78, 5) is 0. The van der Waals surface area contributed by atoms with Crippen LogP contribution in [0.4, 0.5) is 5.82 Å². The zero-order chi connectivity index (χ0) is 11.5. The van der Waals surface area contributed by atoms with Gasteiger partial charge in [0, 0.05) is 21.6 Å². The Kier molecular flexibility index (Phi) is 3.66. The standard InChI is InChI=1S/C11H10Br2N2O/c1-7-4-11(15-16-7)14-6-8-2-3-9(12)10(13)5-8/h2-5H,6H2,1H3,(H,14,15). The van der Waals surface area contributed by atoms with Gasteiger partial charge in [-0.15, -0.1) is 0 Å². The second kappa shape index (κ2) is 5.01. The van der Waals surface area contributed by atoms with Gasteiger partial charge in [0.25, 0.3) is 0 Å². The highest BCUT2D eigenvalue weighted by molar-refractivity contribution is 9.13. The van der Waals surface area contributed by atoms with E-state index in [1.165, 1.54) is 5.56 Å². The maximum Gasteiger partial charge on any atom is 0.169 e. The lowest BCUT2D eigenvalue weighted by atomic mass is 10.2. The average Bonchev–Trinajstić information content (AvgIpc) is 2.66. The molecule has 0 radical (unpaired) electrons. The summed E-state index contributed by atoms with van der Waals surface area (Å²) in [5.74, 6) is 1.57. The molecular formula is C11H10Br2N2O. The lowest BCUT2D eigenvalue weighted by molar-refractivity contribution is 0.399. The van der Waals surface area contributed by atoms with E-state index in [4.69, 9.17) is 4.52 Å². The second-order valence-corrected chi connectivity index (χ2v) is 5.13. The maximum atomic E-state index is 4.97.